The summed E-state index contributed by atoms with van der Waals surface area (Å²) in [5.74, 6) is -2.45. The molecule has 0 radical (unpaired) electrons. The lowest BCUT2D eigenvalue weighted by Crippen LogP contribution is -2.38. The number of ketones is 1. The van der Waals surface area contributed by atoms with E-state index in [0.717, 1.165) is 55.1 Å². The maximum Gasteiger partial charge on any atom is 0.260 e. The number of nitrogen functional groups attached to an aromatic ring is 1. The van der Waals surface area contributed by atoms with Gasteiger partial charge in [0, 0.05) is 25.2 Å². The van der Waals surface area contributed by atoms with Crippen molar-refractivity contribution in [2.75, 3.05) is 25.4 Å². The number of carbonyl (C=O) groups is 2. The van der Waals surface area contributed by atoms with Crippen molar-refractivity contribution in [2.24, 2.45) is 0 Å². The molecule has 7 nitrogen and oxygen atoms in total. The molecular weight excluding hydrogens is 444 g/mol. The van der Waals surface area contributed by atoms with E-state index in [9.17, 15) is 23.2 Å². The van der Waals surface area contributed by atoms with Gasteiger partial charge in [-0.15, -0.1) is 0 Å². The monoisotopic (exact) mass is 467 g/mol. The van der Waals surface area contributed by atoms with Crippen LogP contribution < -0.4 is 16.0 Å². The summed E-state index contributed by atoms with van der Waals surface area (Å²) in [5.41, 5.74) is 5.51. The third-order valence-corrected chi connectivity index (χ3v) is 5.72. The number of amides is 1. The van der Waals surface area contributed by atoms with Crippen molar-refractivity contribution < 1.29 is 23.1 Å². The van der Waals surface area contributed by atoms with Gasteiger partial charge in [0.15, 0.2) is 12.4 Å². The number of pyridine rings is 1. The predicted molar refractivity (Wildman–Crippen MR) is 122 cm³/mol. The van der Waals surface area contributed by atoms with Gasteiger partial charge in [0.2, 0.25) is 0 Å². The number of ether oxygens (including phenoxy) is 1. The zero-order chi connectivity index (χ0) is 24.2. The van der Waals surface area contributed by atoms with Gasteiger partial charge in [-0.2, -0.15) is 0 Å². The van der Waals surface area contributed by atoms with E-state index < -0.39 is 23.0 Å². The second kappa shape index (κ2) is 9.86. The molecule has 1 aromatic heterocycles. The van der Waals surface area contributed by atoms with Crippen molar-refractivity contribution in [3.63, 3.8) is 0 Å². The summed E-state index contributed by atoms with van der Waals surface area (Å²) in [5, 5.41) is 0. The molecule has 1 saturated heterocycles. The molecule has 0 aliphatic carbocycles. The van der Waals surface area contributed by atoms with E-state index in [0.29, 0.717) is 17.5 Å². The molecule has 1 aliphatic heterocycles. The molecule has 3 aromatic rings. The average Bonchev–Trinajstić information content (AvgIpc) is 2.83. The number of aromatic nitrogens is 1. The van der Waals surface area contributed by atoms with Gasteiger partial charge < -0.3 is 15.4 Å². The number of hydrogen-bond donors (Lipinski definition) is 1. The minimum absolute atomic E-state index is 0.0801. The first kappa shape index (κ1) is 23.2. The second-order valence-electron chi connectivity index (χ2n) is 7.98. The highest BCUT2D eigenvalue weighted by Gasteiger charge is 2.20. The largest absolute Gasteiger partial charge is 0.484 e. The predicted octanol–water partition coefficient (Wildman–Crippen LogP) is 3.32. The molecule has 0 bridgehead atoms. The number of carbonyl (C=O) groups excluding carboxylic acids is 2. The SMILES string of the molecule is Nc1c(C(=O)c2ccc(F)cc2F)ccc(=O)n1-c1ccc(OCC(=O)N2CCCCC2)cc1. The lowest BCUT2D eigenvalue weighted by molar-refractivity contribution is -0.134. The molecule has 0 saturated carbocycles. The molecule has 0 unspecified atom stereocenters. The van der Waals surface area contributed by atoms with Crippen LogP contribution >= 0.6 is 0 Å². The third-order valence-electron chi connectivity index (χ3n) is 5.72. The molecule has 4 rings (SSSR count). The summed E-state index contributed by atoms with van der Waals surface area (Å²) >= 11 is 0. The van der Waals surface area contributed by atoms with Gasteiger partial charge in [-0.25, -0.2) is 8.78 Å². The number of anilines is 1. The van der Waals surface area contributed by atoms with Crippen LogP contribution in [0.1, 0.15) is 35.2 Å². The quantitative estimate of drug-likeness (QED) is 0.562. The highest BCUT2D eigenvalue weighted by molar-refractivity contribution is 6.11. The van der Waals surface area contributed by atoms with Crippen molar-refractivity contribution >= 4 is 17.5 Å². The highest BCUT2D eigenvalue weighted by atomic mass is 19.1. The van der Waals surface area contributed by atoms with Crippen LogP contribution in [-0.4, -0.2) is 40.9 Å². The van der Waals surface area contributed by atoms with Gasteiger partial charge in [-0.05, 0) is 61.7 Å². The highest BCUT2D eigenvalue weighted by Crippen LogP contribution is 2.22. The first-order valence-electron chi connectivity index (χ1n) is 10.9. The maximum absolute atomic E-state index is 14.1. The van der Waals surface area contributed by atoms with Crippen molar-refractivity contribution in [1.29, 1.82) is 0 Å². The fourth-order valence-corrected chi connectivity index (χ4v) is 3.90. The number of hydrogen-bond acceptors (Lipinski definition) is 5. The molecule has 176 valence electrons. The molecule has 9 heteroatoms. The number of benzene rings is 2. The maximum atomic E-state index is 14.1. The average molecular weight is 467 g/mol. The number of nitrogens with two attached hydrogens (primary N) is 1. The van der Waals surface area contributed by atoms with Crippen LogP contribution in [0, 0.1) is 11.6 Å². The molecule has 1 amide bonds. The summed E-state index contributed by atoms with van der Waals surface area (Å²) in [7, 11) is 0. The Morgan fingerprint density at radius 2 is 1.59 bits per heavy atom. The Kier molecular flexibility index (Phi) is 6.72. The van der Waals surface area contributed by atoms with Gasteiger partial charge in [0.05, 0.1) is 16.8 Å². The van der Waals surface area contributed by atoms with E-state index >= 15 is 0 Å². The number of halogens is 2. The van der Waals surface area contributed by atoms with Gasteiger partial charge in [0.1, 0.15) is 23.2 Å². The first-order valence-corrected chi connectivity index (χ1v) is 10.9. The van der Waals surface area contributed by atoms with Crippen molar-refractivity contribution in [3.8, 4) is 11.4 Å². The molecule has 1 fully saturated rings. The summed E-state index contributed by atoms with van der Waals surface area (Å²) in [6.07, 6.45) is 3.11. The smallest absolute Gasteiger partial charge is 0.260 e. The Balaban J connectivity index is 1.54. The van der Waals surface area contributed by atoms with Gasteiger partial charge in [-0.3, -0.25) is 19.0 Å². The van der Waals surface area contributed by atoms with Crippen LogP contribution in [-0.2, 0) is 4.79 Å². The fourth-order valence-electron chi connectivity index (χ4n) is 3.90. The zero-order valence-corrected chi connectivity index (χ0v) is 18.3. The molecule has 2 heterocycles. The van der Waals surface area contributed by atoms with Crippen molar-refractivity contribution in [3.05, 3.63) is 87.7 Å². The van der Waals surface area contributed by atoms with Crippen molar-refractivity contribution in [2.45, 2.75) is 19.3 Å². The number of piperidine rings is 1. The van der Waals surface area contributed by atoms with Crippen LogP contribution in [0.25, 0.3) is 5.69 Å². The molecular formula is C25H23F2N3O4. The van der Waals surface area contributed by atoms with Crippen molar-refractivity contribution in [1.82, 2.24) is 9.47 Å². The van der Waals surface area contributed by atoms with Crippen LogP contribution in [0.3, 0.4) is 0 Å². The number of rotatable bonds is 6. The van der Waals surface area contributed by atoms with Gasteiger partial charge >= 0.3 is 0 Å². The van der Waals surface area contributed by atoms with Crippen LogP contribution in [0.4, 0.5) is 14.6 Å². The molecule has 0 atom stereocenters. The number of likely N-dealkylation sites (tertiary alicyclic amines) is 1. The van der Waals surface area contributed by atoms with Crippen LogP contribution in [0.2, 0.25) is 0 Å². The first-order chi connectivity index (χ1) is 16.3. The zero-order valence-electron chi connectivity index (χ0n) is 18.3. The summed E-state index contributed by atoms with van der Waals surface area (Å²) in [6, 6.07) is 11.2. The normalized spacial score (nSPS) is 13.5. The molecule has 2 aromatic carbocycles. The molecule has 0 spiro atoms. The fraction of sp³-hybridized carbons (Fsp3) is 0.240. The van der Waals surface area contributed by atoms with E-state index in [-0.39, 0.29) is 29.5 Å². The number of nitrogens with zero attached hydrogens (tertiary/aromatic N) is 2. The lowest BCUT2D eigenvalue weighted by Gasteiger charge is -2.26. The summed E-state index contributed by atoms with van der Waals surface area (Å²) in [6.45, 7) is 1.38. The standard InChI is InChI=1S/C25H23F2N3O4/c26-16-4-9-19(21(27)14-16)24(33)20-10-11-22(31)30(25(20)28)17-5-7-18(8-6-17)34-15-23(32)29-12-2-1-3-13-29/h4-11,14H,1-3,12-13,15,28H2. The second-order valence-corrected chi connectivity index (χ2v) is 7.98. The van der Waals surface area contributed by atoms with Crippen LogP contribution in [0.15, 0.2) is 59.4 Å². The van der Waals surface area contributed by atoms with Crippen LogP contribution in [0.5, 0.6) is 5.75 Å². The molecule has 34 heavy (non-hydrogen) atoms. The van der Waals surface area contributed by atoms with E-state index in [1.165, 1.54) is 6.07 Å². The lowest BCUT2D eigenvalue weighted by atomic mass is 10.0. The minimum Gasteiger partial charge on any atom is -0.484 e. The molecule has 1 aliphatic rings. The third kappa shape index (κ3) is 4.83. The Morgan fingerprint density at radius 3 is 2.26 bits per heavy atom. The van der Waals surface area contributed by atoms with Gasteiger partial charge in [0.25, 0.3) is 11.5 Å². The Labute approximate surface area is 194 Å². The van der Waals surface area contributed by atoms with E-state index in [2.05, 4.69) is 0 Å². The van der Waals surface area contributed by atoms with E-state index in [4.69, 9.17) is 10.5 Å². The van der Waals surface area contributed by atoms with E-state index in [1.807, 2.05) is 0 Å². The topological polar surface area (TPSA) is 94.6 Å². The Bertz CT molecular complexity index is 1280. The summed E-state index contributed by atoms with van der Waals surface area (Å²) < 4.78 is 34.0. The Morgan fingerprint density at radius 1 is 0.912 bits per heavy atom. The summed E-state index contributed by atoms with van der Waals surface area (Å²) in [4.78, 5) is 39.4. The Hall–Kier alpha value is -4.01. The minimum atomic E-state index is -1.03. The van der Waals surface area contributed by atoms with Gasteiger partial charge in [-0.1, -0.05) is 0 Å². The van der Waals surface area contributed by atoms with E-state index in [1.54, 1.807) is 29.2 Å². The molecule has 2 N–H and O–H groups in total.